The normalized spacial score (nSPS) is 22.6. The Bertz CT molecular complexity index is 1080. The fourth-order valence-electron chi connectivity index (χ4n) is 5.06. The van der Waals surface area contributed by atoms with Gasteiger partial charge in [0.25, 0.3) is 5.91 Å². The quantitative estimate of drug-likeness (QED) is 0.620. The van der Waals surface area contributed by atoms with E-state index in [1.807, 2.05) is 13.0 Å². The maximum Gasteiger partial charge on any atom is 0.336 e. The standard InChI is InChI=1S/C25H32N2O6/c1-2-5-17-12-24(30)33-21-13-19(7-8-20(17)21)32-16-22(28)26-14-23(29)27-11-10-25(31)9-4-3-6-18(25)15-27/h7-8,12-13,18,31H,2-6,9-11,14-16H2,1H3,(H,26,28)/t18-,25+/m1/s1. The van der Waals surface area contributed by atoms with Crippen LogP contribution in [-0.2, 0) is 16.0 Å². The summed E-state index contributed by atoms with van der Waals surface area (Å²) in [7, 11) is 0. The van der Waals surface area contributed by atoms with E-state index in [9.17, 15) is 19.5 Å². The van der Waals surface area contributed by atoms with Crippen molar-refractivity contribution in [3.8, 4) is 5.75 Å². The van der Waals surface area contributed by atoms with Gasteiger partial charge in [0.15, 0.2) is 6.61 Å². The number of fused-ring (bicyclic) bond motifs is 2. The molecule has 1 aliphatic carbocycles. The summed E-state index contributed by atoms with van der Waals surface area (Å²) in [4.78, 5) is 38.3. The molecular formula is C25H32N2O6. The average molecular weight is 457 g/mol. The van der Waals surface area contributed by atoms with E-state index in [-0.39, 0.29) is 25.0 Å². The molecule has 2 aromatic rings. The molecule has 1 aromatic carbocycles. The highest BCUT2D eigenvalue weighted by Crippen LogP contribution is 2.39. The van der Waals surface area contributed by atoms with Gasteiger partial charge in [-0.2, -0.15) is 0 Å². The minimum Gasteiger partial charge on any atom is -0.484 e. The summed E-state index contributed by atoms with van der Waals surface area (Å²) in [6.07, 6.45) is 6.16. The van der Waals surface area contributed by atoms with E-state index in [1.165, 1.54) is 6.07 Å². The fourth-order valence-corrected chi connectivity index (χ4v) is 5.06. The number of hydrogen-bond donors (Lipinski definition) is 2. The maximum atomic E-state index is 12.6. The van der Waals surface area contributed by atoms with Gasteiger partial charge in [0, 0.05) is 36.5 Å². The van der Waals surface area contributed by atoms with E-state index in [1.54, 1.807) is 17.0 Å². The lowest BCUT2D eigenvalue weighted by atomic mass is 9.71. The summed E-state index contributed by atoms with van der Waals surface area (Å²) >= 11 is 0. The first-order chi connectivity index (χ1) is 15.9. The van der Waals surface area contributed by atoms with Gasteiger partial charge < -0.3 is 24.5 Å². The number of ether oxygens (including phenoxy) is 1. The number of carbonyl (C=O) groups excluding carboxylic acids is 2. The molecule has 8 nitrogen and oxygen atoms in total. The zero-order valence-corrected chi connectivity index (χ0v) is 19.1. The highest BCUT2D eigenvalue weighted by molar-refractivity contribution is 5.86. The predicted molar refractivity (Wildman–Crippen MR) is 123 cm³/mol. The summed E-state index contributed by atoms with van der Waals surface area (Å²) in [5, 5.41) is 14.2. The first kappa shape index (κ1) is 23.3. The third-order valence-electron chi connectivity index (χ3n) is 6.91. The number of likely N-dealkylation sites (tertiary alicyclic amines) is 1. The van der Waals surface area contributed by atoms with Crippen molar-refractivity contribution in [2.24, 2.45) is 5.92 Å². The van der Waals surface area contributed by atoms with Crippen LogP contribution in [0.25, 0.3) is 11.0 Å². The van der Waals surface area contributed by atoms with Crippen LogP contribution in [0.5, 0.6) is 5.75 Å². The van der Waals surface area contributed by atoms with Crippen molar-refractivity contribution in [1.82, 2.24) is 10.2 Å². The molecule has 4 rings (SSSR count). The van der Waals surface area contributed by atoms with E-state index in [0.29, 0.717) is 30.8 Å². The second kappa shape index (κ2) is 9.95. The Morgan fingerprint density at radius 1 is 1.27 bits per heavy atom. The minimum absolute atomic E-state index is 0.0969. The molecule has 33 heavy (non-hydrogen) atoms. The molecular weight excluding hydrogens is 424 g/mol. The lowest BCUT2D eigenvalue weighted by Gasteiger charge is -2.47. The summed E-state index contributed by atoms with van der Waals surface area (Å²) in [6, 6.07) is 6.67. The molecule has 1 aliphatic heterocycles. The summed E-state index contributed by atoms with van der Waals surface area (Å²) in [5.74, 6) is -0.0232. The highest BCUT2D eigenvalue weighted by atomic mass is 16.5. The Morgan fingerprint density at radius 3 is 2.94 bits per heavy atom. The van der Waals surface area contributed by atoms with E-state index >= 15 is 0 Å². The van der Waals surface area contributed by atoms with Crippen LogP contribution in [0.15, 0.2) is 33.5 Å². The van der Waals surface area contributed by atoms with E-state index in [0.717, 1.165) is 49.5 Å². The Balaban J connectivity index is 1.27. The molecule has 1 saturated carbocycles. The summed E-state index contributed by atoms with van der Waals surface area (Å²) in [6.45, 7) is 2.76. The molecule has 0 unspecified atom stereocenters. The van der Waals surface area contributed by atoms with Crippen LogP contribution in [0.3, 0.4) is 0 Å². The molecule has 1 aromatic heterocycles. The van der Waals surface area contributed by atoms with Gasteiger partial charge in [0.05, 0.1) is 12.1 Å². The lowest BCUT2D eigenvalue weighted by Crippen LogP contribution is -2.56. The van der Waals surface area contributed by atoms with Crippen LogP contribution in [0.1, 0.15) is 51.0 Å². The summed E-state index contributed by atoms with van der Waals surface area (Å²) in [5.41, 5.74) is 0.300. The molecule has 2 atom stereocenters. The van der Waals surface area contributed by atoms with Crippen LogP contribution in [0, 0.1) is 5.92 Å². The number of carbonyl (C=O) groups is 2. The summed E-state index contributed by atoms with van der Waals surface area (Å²) < 4.78 is 10.8. The molecule has 1 saturated heterocycles. The zero-order valence-electron chi connectivity index (χ0n) is 19.1. The molecule has 2 aliphatic rings. The van der Waals surface area contributed by atoms with Crippen molar-refractivity contribution in [1.29, 1.82) is 0 Å². The Labute approximate surface area is 192 Å². The van der Waals surface area contributed by atoms with Crippen molar-refractivity contribution in [3.05, 3.63) is 40.2 Å². The molecule has 2 amide bonds. The van der Waals surface area contributed by atoms with Gasteiger partial charge in [-0.1, -0.05) is 26.2 Å². The Morgan fingerprint density at radius 2 is 2.12 bits per heavy atom. The molecule has 0 spiro atoms. The maximum absolute atomic E-state index is 12.6. The number of benzene rings is 1. The van der Waals surface area contributed by atoms with Crippen LogP contribution in [-0.4, -0.2) is 53.7 Å². The number of amides is 2. The molecule has 8 heteroatoms. The lowest BCUT2D eigenvalue weighted by molar-refractivity contribution is -0.143. The largest absolute Gasteiger partial charge is 0.484 e. The van der Waals surface area contributed by atoms with Crippen LogP contribution in [0.4, 0.5) is 0 Å². The number of nitrogens with one attached hydrogen (secondary N) is 1. The SMILES string of the molecule is CCCc1cc(=O)oc2cc(OCC(=O)NCC(=O)N3CC[C@@]4(O)CCCC[C@@H]4C3)ccc12. The van der Waals surface area contributed by atoms with Gasteiger partial charge in [-0.3, -0.25) is 9.59 Å². The highest BCUT2D eigenvalue weighted by Gasteiger charge is 2.43. The minimum atomic E-state index is -0.636. The first-order valence-corrected chi connectivity index (χ1v) is 11.8. The molecule has 178 valence electrons. The second-order valence-electron chi connectivity index (χ2n) is 9.20. The van der Waals surface area contributed by atoms with E-state index in [4.69, 9.17) is 9.15 Å². The van der Waals surface area contributed by atoms with Crippen molar-refractivity contribution >= 4 is 22.8 Å². The molecule has 2 heterocycles. The number of rotatable bonds is 7. The third kappa shape index (κ3) is 5.38. The van der Waals surface area contributed by atoms with Crippen molar-refractivity contribution in [2.75, 3.05) is 26.2 Å². The van der Waals surface area contributed by atoms with Crippen molar-refractivity contribution in [2.45, 2.75) is 57.5 Å². The number of aryl methyl sites for hydroxylation is 1. The zero-order chi connectivity index (χ0) is 23.4. The van der Waals surface area contributed by atoms with Gasteiger partial charge in [-0.25, -0.2) is 4.79 Å². The van der Waals surface area contributed by atoms with Gasteiger partial charge in [0.2, 0.25) is 5.91 Å². The molecule has 2 N–H and O–H groups in total. The van der Waals surface area contributed by atoms with Gasteiger partial charge >= 0.3 is 5.63 Å². The third-order valence-corrected chi connectivity index (χ3v) is 6.91. The second-order valence-corrected chi connectivity index (χ2v) is 9.20. The van der Waals surface area contributed by atoms with Crippen LogP contribution >= 0.6 is 0 Å². The average Bonchev–Trinajstić information content (AvgIpc) is 2.80. The molecule has 2 fully saturated rings. The van der Waals surface area contributed by atoms with Crippen LogP contribution < -0.4 is 15.7 Å². The van der Waals surface area contributed by atoms with E-state index in [2.05, 4.69) is 5.32 Å². The Hall–Kier alpha value is -2.87. The molecule has 0 bridgehead atoms. The van der Waals surface area contributed by atoms with Gasteiger partial charge in [0.1, 0.15) is 11.3 Å². The fraction of sp³-hybridized carbons (Fsp3) is 0.560. The van der Waals surface area contributed by atoms with Gasteiger partial charge in [-0.05, 0) is 43.4 Å². The first-order valence-electron chi connectivity index (χ1n) is 11.8. The number of aliphatic hydroxyl groups is 1. The smallest absolute Gasteiger partial charge is 0.336 e. The van der Waals surface area contributed by atoms with Crippen molar-refractivity contribution < 1.29 is 23.8 Å². The molecule has 0 radical (unpaired) electrons. The Kier molecular flexibility index (Phi) is 7.02. The topological polar surface area (TPSA) is 109 Å². The number of piperidine rings is 1. The number of nitrogens with zero attached hydrogens (tertiary/aromatic N) is 1. The van der Waals surface area contributed by atoms with E-state index < -0.39 is 17.1 Å². The van der Waals surface area contributed by atoms with Crippen LogP contribution in [0.2, 0.25) is 0 Å². The predicted octanol–water partition coefficient (Wildman–Crippen LogP) is 2.39. The van der Waals surface area contributed by atoms with Gasteiger partial charge in [-0.15, -0.1) is 0 Å². The number of hydrogen-bond acceptors (Lipinski definition) is 6. The monoisotopic (exact) mass is 456 g/mol. The van der Waals surface area contributed by atoms with Crippen molar-refractivity contribution in [3.63, 3.8) is 0 Å².